The first-order valence-corrected chi connectivity index (χ1v) is 10.5. The molecule has 0 bridgehead atoms. The molecule has 0 saturated carbocycles. The molecule has 3 N–H and O–H groups in total. The lowest BCUT2D eigenvalue weighted by molar-refractivity contribution is 0.142. The largest absolute Gasteiger partial charge is 0.383 e. The van der Waals surface area contributed by atoms with E-state index in [0.717, 1.165) is 51.7 Å². The lowest BCUT2D eigenvalue weighted by Gasteiger charge is -2.23. The quantitative estimate of drug-likeness (QED) is 0.459. The van der Waals surface area contributed by atoms with Gasteiger partial charge in [0.05, 0.1) is 13.2 Å². The third-order valence-electron chi connectivity index (χ3n) is 5.50. The summed E-state index contributed by atoms with van der Waals surface area (Å²) >= 11 is 0. The van der Waals surface area contributed by atoms with Crippen LogP contribution in [0.2, 0.25) is 0 Å². The van der Waals surface area contributed by atoms with Gasteiger partial charge in [0.1, 0.15) is 0 Å². The summed E-state index contributed by atoms with van der Waals surface area (Å²) in [4.78, 5) is 10.7. The van der Waals surface area contributed by atoms with Gasteiger partial charge in [-0.3, -0.25) is 9.89 Å². The number of aromatic nitrogens is 1. The zero-order chi connectivity index (χ0) is 19.8. The van der Waals surface area contributed by atoms with Crippen molar-refractivity contribution in [3.8, 4) is 0 Å². The van der Waals surface area contributed by atoms with Crippen molar-refractivity contribution in [1.82, 2.24) is 20.5 Å². The van der Waals surface area contributed by atoms with E-state index in [9.17, 15) is 0 Å². The number of hydrogen-bond donors (Lipinski definition) is 3. The predicted molar refractivity (Wildman–Crippen MR) is 117 cm³/mol. The minimum Gasteiger partial charge on any atom is -0.383 e. The number of hydrogen-bond acceptors (Lipinski definition) is 3. The number of ether oxygens (including phenoxy) is 1. The lowest BCUT2D eigenvalue weighted by atomic mass is 10.1. The van der Waals surface area contributed by atoms with Crippen molar-refractivity contribution in [2.75, 3.05) is 46.4 Å². The molecule has 3 rings (SSSR count). The number of fused-ring (bicyclic) bond motifs is 1. The van der Waals surface area contributed by atoms with E-state index in [2.05, 4.69) is 58.8 Å². The zero-order valence-corrected chi connectivity index (χ0v) is 17.6. The third kappa shape index (κ3) is 5.49. The molecule has 28 heavy (non-hydrogen) atoms. The second-order valence-corrected chi connectivity index (χ2v) is 7.58. The molecular formula is C22H35N5O. The van der Waals surface area contributed by atoms with Crippen LogP contribution in [0.1, 0.15) is 30.9 Å². The molecule has 1 fully saturated rings. The SMILES string of the molecule is CCNC(=NCC1CCCN1CCOC)NCCc1c[nH]c2cc(C)ccc12. The molecule has 2 heterocycles. The van der Waals surface area contributed by atoms with E-state index in [-0.39, 0.29) is 0 Å². The highest BCUT2D eigenvalue weighted by Crippen LogP contribution is 2.20. The standard InChI is InChI=1S/C22H35N5O/c1-4-23-22(26-16-19-6-5-11-27(19)12-13-28-3)24-10-9-18-15-25-21-14-17(2)7-8-20(18)21/h7-8,14-15,19,25H,4-6,9-13,16H2,1-3H3,(H2,23,24,26). The van der Waals surface area contributed by atoms with Gasteiger partial charge >= 0.3 is 0 Å². The molecule has 6 nitrogen and oxygen atoms in total. The highest BCUT2D eigenvalue weighted by Gasteiger charge is 2.23. The predicted octanol–water partition coefficient (Wildman–Crippen LogP) is 2.68. The van der Waals surface area contributed by atoms with E-state index in [4.69, 9.17) is 9.73 Å². The molecule has 2 aromatic rings. The number of benzene rings is 1. The first kappa shape index (κ1) is 20.7. The van der Waals surface area contributed by atoms with Gasteiger partial charge in [-0.2, -0.15) is 0 Å². The Kier molecular flexibility index (Phi) is 7.74. The van der Waals surface area contributed by atoms with E-state index >= 15 is 0 Å². The Morgan fingerprint density at radius 3 is 3.07 bits per heavy atom. The van der Waals surface area contributed by atoms with Crippen LogP contribution >= 0.6 is 0 Å². The Bertz CT molecular complexity index is 769. The van der Waals surface area contributed by atoms with Crippen LogP contribution in [0.25, 0.3) is 10.9 Å². The number of aliphatic imine (C=N–C) groups is 1. The second kappa shape index (κ2) is 10.5. The number of likely N-dealkylation sites (tertiary alicyclic amines) is 1. The number of nitrogens with zero attached hydrogens (tertiary/aromatic N) is 2. The van der Waals surface area contributed by atoms with Crippen molar-refractivity contribution in [1.29, 1.82) is 0 Å². The summed E-state index contributed by atoms with van der Waals surface area (Å²) in [6.45, 7) is 9.77. The van der Waals surface area contributed by atoms with Crippen LogP contribution in [0.5, 0.6) is 0 Å². The van der Waals surface area contributed by atoms with E-state index in [1.165, 1.54) is 34.9 Å². The van der Waals surface area contributed by atoms with E-state index in [1.54, 1.807) is 7.11 Å². The number of methoxy groups -OCH3 is 1. The zero-order valence-electron chi connectivity index (χ0n) is 17.6. The maximum atomic E-state index is 5.24. The van der Waals surface area contributed by atoms with Crippen LogP contribution in [0, 0.1) is 6.92 Å². The van der Waals surface area contributed by atoms with E-state index in [1.807, 2.05) is 0 Å². The Morgan fingerprint density at radius 1 is 1.36 bits per heavy atom. The molecule has 1 aliphatic heterocycles. The molecule has 1 atom stereocenters. The lowest BCUT2D eigenvalue weighted by Crippen LogP contribution is -2.40. The van der Waals surface area contributed by atoms with Crippen LogP contribution < -0.4 is 10.6 Å². The normalized spacial score (nSPS) is 18.1. The summed E-state index contributed by atoms with van der Waals surface area (Å²) in [5, 5.41) is 8.19. The molecule has 0 aliphatic carbocycles. The van der Waals surface area contributed by atoms with Crippen LogP contribution in [0.15, 0.2) is 29.4 Å². The van der Waals surface area contributed by atoms with E-state index < -0.39 is 0 Å². The summed E-state index contributed by atoms with van der Waals surface area (Å²) in [6.07, 6.45) is 5.58. The molecule has 1 saturated heterocycles. The van der Waals surface area contributed by atoms with E-state index in [0.29, 0.717) is 6.04 Å². The van der Waals surface area contributed by atoms with Crippen LogP contribution in [0.4, 0.5) is 0 Å². The molecule has 1 unspecified atom stereocenters. The molecule has 6 heteroatoms. The van der Waals surface area contributed by atoms with Gasteiger partial charge in [0, 0.05) is 49.9 Å². The van der Waals surface area contributed by atoms with Crippen LogP contribution in [-0.4, -0.2) is 68.3 Å². The Hall–Kier alpha value is -2.05. The molecule has 1 aromatic carbocycles. The van der Waals surface area contributed by atoms with Gasteiger partial charge < -0.3 is 20.4 Å². The third-order valence-corrected chi connectivity index (χ3v) is 5.50. The smallest absolute Gasteiger partial charge is 0.191 e. The van der Waals surface area contributed by atoms with Crippen molar-refractivity contribution < 1.29 is 4.74 Å². The van der Waals surface area contributed by atoms with Gasteiger partial charge in [-0.05, 0) is 56.8 Å². The van der Waals surface area contributed by atoms with Gasteiger partial charge in [0.2, 0.25) is 0 Å². The fraction of sp³-hybridized carbons (Fsp3) is 0.591. The monoisotopic (exact) mass is 385 g/mol. The molecule has 154 valence electrons. The molecule has 1 aromatic heterocycles. The number of aryl methyl sites for hydroxylation is 1. The highest BCUT2D eigenvalue weighted by atomic mass is 16.5. The minimum absolute atomic E-state index is 0.530. The van der Waals surface area contributed by atoms with Gasteiger partial charge in [-0.1, -0.05) is 12.1 Å². The highest BCUT2D eigenvalue weighted by molar-refractivity contribution is 5.84. The summed E-state index contributed by atoms with van der Waals surface area (Å²) in [5.41, 5.74) is 3.85. The minimum atomic E-state index is 0.530. The average molecular weight is 386 g/mol. The first-order valence-electron chi connectivity index (χ1n) is 10.5. The summed E-state index contributed by atoms with van der Waals surface area (Å²) in [6, 6.07) is 7.12. The van der Waals surface area contributed by atoms with Gasteiger partial charge in [-0.25, -0.2) is 0 Å². The second-order valence-electron chi connectivity index (χ2n) is 7.58. The number of rotatable bonds is 9. The first-order chi connectivity index (χ1) is 13.7. The molecule has 1 aliphatic rings. The van der Waals surface area contributed by atoms with Crippen molar-refractivity contribution in [3.05, 3.63) is 35.5 Å². The molecule has 0 amide bonds. The maximum absolute atomic E-state index is 5.24. The summed E-state index contributed by atoms with van der Waals surface area (Å²) in [5.74, 6) is 0.914. The average Bonchev–Trinajstić information content (AvgIpc) is 3.30. The molecular weight excluding hydrogens is 350 g/mol. The fourth-order valence-electron chi connectivity index (χ4n) is 3.97. The molecule has 0 radical (unpaired) electrons. The number of nitrogens with one attached hydrogen (secondary N) is 3. The Morgan fingerprint density at radius 2 is 2.25 bits per heavy atom. The topological polar surface area (TPSA) is 64.7 Å². The van der Waals surface area contributed by atoms with Crippen molar-refractivity contribution in [2.24, 2.45) is 4.99 Å². The van der Waals surface area contributed by atoms with Gasteiger partial charge in [0.25, 0.3) is 0 Å². The Balaban J connectivity index is 1.53. The number of aromatic amines is 1. The van der Waals surface area contributed by atoms with Crippen LogP contribution in [0.3, 0.4) is 0 Å². The maximum Gasteiger partial charge on any atom is 0.191 e. The van der Waals surface area contributed by atoms with Crippen molar-refractivity contribution in [2.45, 2.75) is 39.2 Å². The molecule has 0 spiro atoms. The van der Waals surface area contributed by atoms with Gasteiger partial charge in [0.15, 0.2) is 5.96 Å². The van der Waals surface area contributed by atoms with Crippen molar-refractivity contribution in [3.63, 3.8) is 0 Å². The summed E-state index contributed by atoms with van der Waals surface area (Å²) < 4.78 is 5.24. The van der Waals surface area contributed by atoms with Gasteiger partial charge in [-0.15, -0.1) is 0 Å². The summed E-state index contributed by atoms with van der Waals surface area (Å²) in [7, 11) is 1.77. The number of H-pyrrole nitrogens is 1. The Labute approximate surface area is 168 Å². The number of guanidine groups is 1. The van der Waals surface area contributed by atoms with Crippen LogP contribution in [-0.2, 0) is 11.2 Å². The fourth-order valence-corrected chi connectivity index (χ4v) is 3.97. The van der Waals surface area contributed by atoms with Crippen molar-refractivity contribution >= 4 is 16.9 Å².